The molecule has 6 nitrogen and oxygen atoms in total. The fourth-order valence-electron chi connectivity index (χ4n) is 4.40. The summed E-state index contributed by atoms with van der Waals surface area (Å²) >= 11 is 0. The van der Waals surface area contributed by atoms with Gasteiger partial charge in [0.2, 0.25) is 0 Å². The number of rotatable bonds is 11. The second kappa shape index (κ2) is 15.0. The molecule has 0 saturated carbocycles. The second-order valence-electron chi connectivity index (χ2n) is 9.14. The van der Waals surface area contributed by atoms with E-state index in [1.54, 1.807) is 7.11 Å². The first-order chi connectivity index (χ1) is 17.6. The molecule has 0 aliphatic carbocycles. The van der Waals surface area contributed by atoms with Crippen LogP contribution in [0.15, 0.2) is 78.1 Å². The van der Waals surface area contributed by atoms with E-state index in [0.717, 1.165) is 57.5 Å². The van der Waals surface area contributed by atoms with Gasteiger partial charge in [-0.05, 0) is 81.8 Å². The summed E-state index contributed by atoms with van der Waals surface area (Å²) in [4.78, 5) is 14.7. The third kappa shape index (κ3) is 9.42. The number of hydrogen-bond donors (Lipinski definition) is 1. The van der Waals surface area contributed by atoms with Gasteiger partial charge in [-0.3, -0.25) is 4.90 Å². The fraction of sp³-hybridized carbons (Fsp3) is 0.433. The van der Waals surface area contributed by atoms with E-state index in [4.69, 9.17) is 14.2 Å². The molecular formula is C30H40N2O4. The van der Waals surface area contributed by atoms with Gasteiger partial charge in [0.25, 0.3) is 0 Å². The zero-order valence-electron chi connectivity index (χ0n) is 21.9. The Labute approximate surface area is 215 Å². The number of carbonyl (C=O) groups is 1. The molecule has 1 N–H and O–H groups in total. The zero-order valence-corrected chi connectivity index (χ0v) is 21.9. The zero-order chi connectivity index (χ0) is 25.6. The molecule has 1 fully saturated rings. The van der Waals surface area contributed by atoms with E-state index < -0.39 is 0 Å². The Morgan fingerprint density at radius 3 is 2.56 bits per heavy atom. The van der Waals surface area contributed by atoms with Gasteiger partial charge < -0.3 is 19.5 Å². The number of methoxy groups -OCH3 is 1. The molecule has 1 heterocycles. The highest BCUT2D eigenvalue weighted by Gasteiger charge is 2.19. The number of allylic oxidation sites excluding steroid dienone is 2. The highest BCUT2D eigenvalue weighted by molar-refractivity contribution is 5.67. The van der Waals surface area contributed by atoms with Gasteiger partial charge in [-0.15, -0.1) is 0 Å². The second-order valence-corrected chi connectivity index (χ2v) is 9.14. The summed E-state index contributed by atoms with van der Waals surface area (Å²) in [5.41, 5.74) is 2.47. The molecular weight excluding hydrogens is 452 g/mol. The van der Waals surface area contributed by atoms with E-state index in [-0.39, 0.29) is 12.1 Å². The lowest BCUT2D eigenvalue weighted by Gasteiger charge is -2.21. The number of benzene rings is 2. The quantitative estimate of drug-likeness (QED) is 0.232. The van der Waals surface area contributed by atoms with Crippen LogP contribution in [-0.2, 0) is 11.2 Å². The lowest BCUT2D eigenvalue weighted by atomic mass is 10.1. The van der Waals surface area contributed by atoms with Crippen LogP contribution in [0.4, 0.5) is 4.79 Å². The summed E-state index contributed by atoms with van der Waals surface area (Å²) in [7, 11) is 1.64. The van der Waals surface area contributed by atoms with Crippen molar-refractivity contribution in [3.05, 3.63) is 83.6 Å². The first-order valence-corrected chi connectivity index (χ1v) is 12.9. The lowest BCUT2D eigenvalue weighted by molar-refractivity contribution is 0.140. The molecule has 1 unspecified atom stereocenters. The SMILES string of the molecule is C/C=C(\C=C(/C)Oc1ccccc1OC)CN1CCCC(NC(=O)OCCCc2ccccc2)CC1. The van der Waals surface area contributed by atoms with Crippen LogP contribution in [0.5, 0.6) is 11.5 Å². The minimum atomic E-state index is -0.303. The van der Waals surface area contributed by atoms with Crippen LogP contribution >= 0.6 is 0 Å². The maximum atomic E-state index is 12.3. The standard InChI is InChI=1S/C30H40N2O4/c1-4-25(22-24(2)36-29-17-9-8-16-28(29)34-3)23-32-19-10-15-27(18-20-32)31-30(33)35-21-11-14-26-12-6-5-7-13-26/h4-9,12-13,16-17,22,27H,10-11,14-15,18-21,23H2,1-3H3,(H,31,33)/b24-22+,25-4+. The third-order valence-corrected chi connectivity index (χ3v) is 6.33. The molecule has 2 aromatic rings. The Morgan fingerprint density at radius 2 is 1.81 bits per heavy atom. The molecule has 0 spiro atoms. The van der Waals surface area contributed by atoms with Gasteiger partial charge >= 0.3 is 6.09 Å². The molecule has 194 valence electrons. The Kier molecular flexibility index (Phi) is 11.4. The number of aryl methyl sites for hydroxylation is 1. The average Bonchev–Trinajstić information content (AvgIpc) is 3.12. The monoisotopic (exact) mass is 492 g/mol. The molecule has 0 bridgehead atoms. The van der Waals surface area contributed by atoms with E-state index in [1.807, 2.05) is 49.4 Å². The van der Waals surface area contributed by atoms with Crippen molar-refractivity contribution in [3.8, 4) is 11.5 Å². The summed E-state index contributed by atoms with van der Waals surface area (Å²) in [5, 5.41) is 3.07. The fourth-order valence-corrected chi connectivity index (χ4v) is 4.40. The van der Waals surface area contributed by atoms with Crippen LogP contribution in [0.2, 0.25) is 0 Å². The molecule has 1 atom stereocenters. The summed E-state index contributed by atoms with van der Waals surface area (Å²) in [5.74, 6) is 2.24. The summed E-state index contributed by atoms with van der Waals surface area (Å²) < 4.78 is 16.8. The van der Waals surface area contributed by atoms with Crippen molar-refractivity contribution in [2.75, 3.05) is 33.4 Å². The Bertz CT molecular complexity index is 1000. The Balaban J connectivity index is 1.40. The van der Waals surface area contributed by atoms with Crippen molar-refractivity contribution in [3.63, 3.8) is 0 Å². The predicted molar refractivity (Wildman–Crippen MR) is 144 cm³/mol. The molecule has 6 heteroatoms. The van der Waals surface area contributed by atoms with E-state index in [1.165, 1.54) is 11.1 Å². The number of alkyl carbamates (subject to hydrolysis) is 1. The number of nitrogens with zero attached hydrogens (tertiary/aromatic N) is 1. The topological polar surface area (TPSA) is 60.0 Å². The summed E-state index contributed by atoms with van der Waals surface area (Å²) in [6.07, 6.45) is 8.57. The third-order valence-electron chi connectivity index (χ3n) is 6.33. The van der Waals surface area contributed by atoms with Crippen molar-refractivity contribution in [1.82, 2.24) is 10.2 Å². The highest BCUT2D eigenvalue weighted by Crippen LogP contribution is 2.27. The van der Waals surface area contributed by atoms with Crippen molar-refractivity contribution >= 4 is 6.09 Å². The van der Waals surface area contributed by atoms with E-state index in [0.29, 0.717) is 18.1 Å². The first-order valence-electron chi connectivity index (χ1n) is 12.9. The van der Waals surface area contributed by atoms with Gasteiger partial charge in [0.15, 0.2) is 11.5 Å². The molecule has 2 aromatic carbocycles. The molecule has 1 aliphatic heterocycles. The Morgan fingerprint density at radius 1 is 1.06 bits per heavy atom. The van der Waals surface area contributed by atoms with Crippen LogP contribution in [0, 0.1) is 0 Å². The molecule has 0 aromatic heterocycles. The van der Waals surface area contributed by atoms with Crippen LogP contribution in [0.3, 0.4) is 0 Å². The van der Waals surface area contributed by atoms with Crippen molar-refractivity contribution in [2.24, 2.45) is 0 Å². The first kappa shape index (κ1) is 27.3. The van der Waals surface area contributed by atoms with Gasteiger partial charge in [-0.25, -0.2) is 4.79 Å². The molecule has 3 rings (SSSR count). The van der Waals surface area contributed by atoms with Gasteiger partial charge in [-0.1, -0.05) is 48.5 Å². The largest absolute Gasteiger partial charge is 0.493 e. The molecule has 1 saturated heterocycles. The van der Waals surface area contributed by atoms with Gasteiger partial charge in [-0.2, -0.15) is 0 Å². The number of carbonyl (C=O) groups excluding carboxylic acids is 1. The minimum absolute atomic E-state index is 0.150. The Hall–Kier alpha value is -3.25. The smallest absolute Gasteiger partial charge is 0.407 e. The van der Waals surface area contributed by atoms with Crippen molar-refractivity contribution in [1.29, 1.82) is 0 Å². The molecule has 36 heavy (non-hydrogen) atoms. The van der Waals surface area contributed by atoms with Gasteiger partial charge in [0.05, 0.1) is 13.7 Å². The van der Waals surface area contributed by atoms with E-state index >= 15 is 0 Å². The highest BCUT2D eigenvalue weighted by atomic mass is 16.5. The number of amides is 1. The average molecular weight is 493 g/mol. The maximum absolute atomic E-state index is 12.3. The lowest BCUT2D eigenvalue weighted by Crippen LogP contribution is -2.36. The maximum Gasteiger partial charge on any atom is 0.407 e. The minimum Gasteiger partial charge on any atom is -0.493 e. The summed E-state index contributed by atoms with van der Waals surface area (Å²) in [6.45, 7) is 7.23. The van der Waals surface area contributed by atoms with Crippen LogP contribution < -0.4 is 14.8 Å². The van der Waals surface area contributed by atoms with Crippen LogP contribution in [-0.4, -0.2) is 50.4 Å². The number of ether oxygens (including phenoxy) is 3. The number of likely N-dealkylation sites (tertiary alicyclic amines) is 1. The van der Waals surface area contributed by atoms with Crippen LogP contribution in [0.1, 0.15) is 45.1 Å². The number of hydrogen-bond acceptors (Lipinski definition) is 5. The van der Waals surface area contributed by atoms with Crippen molar-refractivity contribution < 1.29 is 19.0 Å². The normalized spacial score (nSPS) is 17.2. The molecule has 0 radical (unpaired) electrons. The van der Waals surface area contributed by atoms with Gasteiger partial charge in [0, 0.05) is 19.1 Å². The molecule has 1 amide bonds. The summed E-state index contributed by atoms with van der Waals surface area (Å²) in [6, 6.07) is 18.1. The van der Waals surface area contributed by atoms with Crippen molar-refractivity contribution in [2.45, 2.75) is 52.0 Å². The number of nitrogens with one attached hydrogen (secondary N) is 1. The van der Waals surface area contributed by atoms with Gasteiger partial charge in [0.1, 0.15) is 5.76 Å². The predicted octanol–water partition coefficient (Wildman–Crippen LogP) is 6.14. The number of para-hydroxylation sites is 2. The van der Waals surface area contributed by atoms with Crippen LogP contribution in [0.25, 0.3) is 0 Å². The van der Waals surface area contributed by atoms with E-state index in [2.05, 4.69) is 41.4 Å². The van der Waals surface area contributed by atoms with E-state index in [9.17, 15) is 4.79 Å². The molecule has 1 aliphatic rings.